The molecule has 2 rings (SSSR count). The summed E-state index contributed by atoms with van der Waals surface area (Å²) in [6.07, 6.45) is 0.136. The van der Waals surface area contributed by atoms with Gasteiger partial charge in [0.25, 0.3) is 5.69 Å². The number of aliphatic hydroxyl groups is 1. The van der Waals surface area contributed by atoms with Gasteiger partial charge >= 0.3 is 0 Å². The number of anilines is 1. The molecule has 3 N–H and O–H groups in total. The summed E-state index contributed by atoms with van der Waals surface area (Å²) in [7, 11) is 0. The van der Waals surface area contributed by atoms with Gasteiger partial charge in [0.1, 0.15) is 11.3 Å². The fraction of sp³-hybridized carbons (Fsp3) is 0.278. The standard InChI is InChI=1S/C18H21N3O4/c1-18(23,14-7-3-2-4-8-14)13-20-17(22)11-12-19-15-9-5-6-10-16(15)21(24)25/h2-10,19,23H,11-13H2,1H3,(H,20,22). The van der Waals surface area contributed by atoms with E-state index in [1.807, 2.05) is 18.2 Å². The first-order chi connectivity index (χ1) is 11.9. The van der Waals surface area contributed by atoms with Gasteiger partial charge < -0.3 is 15.7 Å². The average molecular weight is 343 g/mol. The summed E-state index contributed by atoms with van der Waals surface area (Å²) in [5.41, 5.74) is -0.109. The minimum atomic E-state index is -1.16. The molecule has 0 aliphatic carbocycles. The summed E-state index contributed by atoms with van der Waals surface area (Å²) < 4.78 is 0. The molecule has 7 heteroatoms. The third-order valence-electron chi connectivity index (χ3n) is 3.79. The van der Waals surface area contributed by atoms with Crippen LogP contribution in [0, 0.1) is 10.1 Å². The Kier molecular flexibility index (Phi) is 6.08. The summed E-state index contributed by atoms with van der Waals surface area (Å²) in [6.45, 7) is 1.97. The van der Waals surface area contributed by atoms with Crippen molar-refractivity contribution in [2.75, 3.05) is 18.4 Å². The molecule has 132 valence electrons. The Bertz CT molecular complexity index is 732. The first kappa shape index (κ1) is 18.4. The van der Waals surface area contributed by atoms with E-state index < -0.39 is 10.5 Å². The quantitative estimate of drug-likeness (QED) is 0.504. The topological polar surface area (TPSA) is 104 Å². The minimum Gasteiger partial charge on any atom is -0.384 e. The Hall–Kier alpha value is -2.93. The number of para-hydroxylation sites is 2. The Labute approximate surface area is 145 Å². The van der Waals surface area contributed by atoms with Crippen LogP contribution in [0.15, 0.2) is 54.6 Å². The van der Waals surface area contributed by atoms with Crippen molar-refractivity contribution in [3.8, 4) is 0 Å². The molecule has 0 aliphatic rings. The summed E-state index contributed by atoms with van der Waals surface area (Å²) in [4.78, 5) is 22.4. The number of hydrogen-bond acceptors (Lipinski definition) is 5. The van der Waals surface area contributed by atoms with E-state index in [1.165, 1.54) is 6.07 Å². The second-order valence-corrected chi connectivity index (χ2v) is 5.87. The van der Waals surface area contributed by atoms with Crippen LogP contribution >= 0.6 is 0 Å². The molecule has 0 spiro atoms. The zero-order chi connectivity index (χ0) is 18.3. The molecular weight excluding hydrogens is 322 g/mol. The van der Waals surface area contributed by atoms with E-state index in [0.717, 1.165) is 0 Å². The van der Waals surface area contributed by atoms with Crippen molar-refractivity contribution in [1.29, 1.82) is 0 Å². The lowest BCUT2D eigenvalue weighted by molar-refractivity contribution is -0.384. The fourth-order valence-electron chi connectivity index (χ4n) is 2.35. The SMILES string of the molecule is CC(O)(CNC(=O)CCNc1ccccc1[N+](=O)[O-])c1ccccc1. The molecule has 0 heterocycles. The van der Waals surface area contributed by atoms with E-state index in [2.05, 4.69) is 10.6 Å². The molecule has 0 saturated heterocycles. The molecule has 1 amide bonds. The molecule has 0 bridgehead atoms. The number of carbonyl (C=O) groups is 1. The Morgan fingerprint density at radius 2 is 1.80 bits per heavy atom. The van der Waals surface area contributed by atoms with Crippen molar-refractivity contribution < 1.29 is 14.8 Å². The maximum absolute atomic E-state index is 11.9. The number of rotatable bonds is 8. The molecular formula is C18H21N3O4. The lowest BCUT2D eigenvalue weighted by Gasteiger charge is -2.24. The normalized spacial score (nSPS) is 12.9. The second kappa shape index (κ2) is 8.25. The number of hydrogen-bond donors (Lipinski definition) is 3. The molecule has 0 aromatic heterocycles. The van der Waals surface area contributed by atoms with Gasteiger partial charge in [0, 0.05) is 19.0 Å². The molecule has 0 fully saturated rings. The van der Waals surface area contributed by atoms with Crippen LogP contribution in [-0.2, 0) is 10.4 Å². The maximum atomic E-state index is 11.9. The van der Waals surface area contributed by atoms with Crippen LogP contribution in [0.25, 0.3) is 0 Å². The van der Waals surface area contributed by atoms with Gasteiger partial charge in [0.05, 0.1) is 11.5 Å². The molecule has 25 heavy (non-hydrogen) atoms. The Morgan fingerprint density at radius 3 is 2.48 bits per heavy atom. The Morgan fingerprint density at radius 1 is 1.16 bits per heavy atom. The van der Waals surface area contributed by atoms with Crippen molar-refractivity contribution in [1.82, 2.24) is 5.32 Å². The van der Waals surface area contributed by atoms with E-state index in [1.54, 1.807) is 37.3 Å². The van der Waals surface area contributed by atoms with Crippen LogP contribution in [0.2, 0.25) is 0 Å². The van der Waals surface area contributed by atoms with Gasteiger partial charge in [-0.3, -0.25) is 14.9 Å². The van der Waals surface area contributed by atoms with Crippen LogP contribution < -0.4 is 10.6 Å². The highest BCUT2D eigenvalue weighted by atomic mass is 16.6. The van der Waals surface area contributed by atoms with Gasteiger partial charge in [-0.15, -0.1) is 0 Å². The summed E-state index contributed by atoms with van der Waals surface area (Å²) in [6, 6.07) is 15.4. The van der Waals surface area contributed by atoms with Crippen LogP contribution in [-0.4, -0.2) is 29.0 Å². The molecule has 2 aromatic carbocycles. The van der Waals surface area contributed by atoms with Gasteiger partial charge in [0.15, 0.2) is 0 Å². The van der Waals surface area contributed by atoms with E-state index >= 15 is 0 Å². The van der Waals surface area contributed by atoms with Crippen molar-refractivity contribution in [3.05, 3.63) is 70.3 Å². The molecule has 7 nitrogen and oxygen atoms in total. The smallest absolute Gasteiger partial charge is 0.292 e. The number of nitrogens with zero attached hydrogens (tertiary/aromatic N) is 1. The highest BCUT2D eigenvalue weighted by molar-refractivity contribution is 5.76. The lowest BCUT2D eigenvalue weighted by Crippen LogP contribution is -2.39. The molecule has 0 saturated carbocycles. The highest BCUT2D eigenvalue weighted by Gasteiger charge is 2.23. The third-order valence-corrected chi connectivity index (χ3v) is 3.79. The van der Waals surface area contributed by atoms with Gasteiger partial charge in [-0.25, -0.2) is 0 Å². The number of nitrogens with one attached hydrogen (secondary N) is 2. The van der Waals surface area contributed by atoms with Crippen LogP contribution in [0.5, 0.6) is 0 Å². The van der Waals surface area contributed by atoms with Crippen molar-refractivity contribution >= 4 is 17.3 Å². The van der Waals surface area contributed by atoms with E-state index in [4.69, 9.17) is 0 Å². The average Bonchev–Trinajstić information content (AvgIpc) is 2.61. The number of benzene rings is 2. The molecule has 1 atom stereocenters. The van der Waals surface area contributed by atoms with Crippen LogP contribution in [0.3, 0.4) is 0 Å². The highest BCUT2D eigenvalue weighted by Crippen LogP contribution is 2.23. The van der Waals surface area contributed by atoms with Gasteiger partial charge in [-0.1, -0.05) is 42.5 Å². The zero-order valence-electron chi connectivity index (χ0n) is 13.9. The number of nitro benzene ring substituents is 1. The molecule has 0 aliphatic heterocycles. The number of carbonyl (C=O) groups excluding carboxylic acids is 1. The summed E-state index contributed by atoms with van der Waals surface area (Å²) in [5.74, 6) is -0.248. The Balaban J connectivity index is 1.81. The number of nitro groups is 1. The van der Waals surface area contributed by atoms with Crippen molar-refractivity contribution in [2.45, 2.75) is 18.9 Å². The second-order valence-electron chi connectivity index (χ2n) is 5.87. The van der Waals surface area contributed by atoms with E-state index in [-0.39, 0.29) is 31.1 Å². The van der Waals surface area contributed by atoms with Gasteiger partial charge in [-0.05, 0) is 18.6 Å². The largest absolute Gasteiger partial charge is 0.384 e. The van der Waals surface area contributed by atoms with E-state index in [0.29, 0.717) is 11.3 Å². The van der Waals surface area contributed by atoms with Crippen molar-refractivity contribution in [3.63, 3.8) is 0 Å². The predicted octanol–water partition coefficient (Wildman–Crippen LogP) is 2.42. The van der Waals surface area contributed by atoms with Crippen LogP contribution in [0.4, 0.5) is 11.4 Å². The first-order valence-electron chi connectivity index (χ1n) is 7.92. The van der Waals surface area contributed by atoms with Gasteiger partial charge in [-0.2, -0.15) is 0 Å². The summed E-state index contributed by atoms with van der Waals surface area (Å²) in [5, 5.41) is 26.9. The fourth-order valence-corrected chi connectivity index (χ4v) is 2.35. The molecule has 0 radical (unpaired) electrons. The molecule has 2 aromatic rings. The number of amides is 1. The van der Waals surface area contributed by atoms with E-state index in [9.17, 15) is 20.0 Å². The summed E-state index contributed by atoms with van der Waals surface area (Å²) >= 11 is 0. The minimum absolute atomic E-state index is 0.0325. The van der Waals surface area contributed by atoms with Crippen LogP contribution in [0.1, 0.15) is 18.9 Å². The van der Waals surface area contributed by atoms with Crippen molar-refractivity contribution in [2.24, 2.45) is 0 Å². The molecule has 1 unspecified atom stereocenters. The van der Waals surface area contributed by atoms with Gasteiger partial charge in [0.2, 0.25) is 5.91 Å². The zero-order valence-corrected chi connectivity index (χ0v) is 13.9. The predicted molar refractivity (Wildman–Crippen MR) is 95.2 cm³/mol. The maximum Gasteiger partial charge on any atom is 0.292 e. The lowest BCUT2D eigenvalue weighted by atomic mass is 9.96. The third kappa shape index (κ3) is 5.29. The first-order valence-corrected chi connectivity index (χ1v) is 7.92. The monoisotopic (exact) mass is 343 g/mol.